The van der Waals surface area contributed by atoms with Crippen LogP contribution in [-0.4, -0.2) is 0 Å². The van der Waals surface area contributed by atoms with E-state index in [0.717, 1.165) is 74.3 Å². The first-order chi connectivity index (χ1) is 14.1. The maximum Gasteiger partial charge on any atom is 0.133 e. The standard InChI is InChI=1S/C27H38F2/c1-3-5-7-19-8-10-21-16-22(12-11-20(21)14-19)26-25(28)17-23-15-18(6-4-2)9-13-24(23)27(26)29/h3,17-22H,1,4-16H2,2H3. The van der Waals surface area contributed by atoms with E-state index < -0.39 is 0 Å². The second kappa shape index (κ2) is 9.31. The summed E-state index contributed by atoms with van der Waals surface area (Å²) in [6.07, 6.45) is 16.4. The van der Waals surface area contributed by atoms with E-state index in [2.05, 4.69) is 13.5 Å². The molecule has 2 fully saturated rings. The Morgan fingerprint density at radius 2 is 1.79 bits per heavy atom. The van der Waals surface area contributed by atoms with Gasteiger partial charge in [-0.05, 0) is 111 Å². The molecule has 0 amide bonds. The van der Waals surface area contributed by atoms with Crippen LogP contribution >= 0.6 is 0 Å². The molecule has 5 atom stereocenters. The van der Waals surface area contributed by atoms with Crippen molar-refractivity contribution >= 4 is 0 Å². The minimum absolute atomic E-state index is 0.0830. The van der Waals surface area contributed by atoms with Crippen molar-refractivity contribution in [3.63, 3.8) is 0 Å². The Kier molecular flexibility index (Phi) is 6.76. The maximum absolute atomic E-state index is 15.5. The van der Waals surface area contributed by atoms with Gasteiger partial charge in [0.15, 0.2) is 0 Å². The average Bonchev–Trinajstić information content (AvgIpc) is 2.72. The summed E-state index contributed by atoms with van der Waals surface area (Å²) in [7, 11) is 0. The minimum atomic E-state index is -0.262. The third-order valence-corrected chi connectivity index (χ3v) is 8.36. The average molecular weight is 401 g/mol. The van der Waals surface area contributed by atoms with Gasteiger partial charge in [0, 0.05) is 5.56 Å². The summed E-state index contributed by atoms with van der Waals surface area (Å²) in [5, 5.41) is 0. The first kappa shape index (κ1) is 21.1. The highest BCUT2D eigenvalue weighted by molar-refractivity contribution is 5.39. The van der Waals surface area contributed by atoms with E-state index in [4.69, 9.17) is 0 Å². The molecule has 0 nitrogen and oxygen atoms in total. The highest BCUT2D eigenvalue weighted by Gasteiger charge is 2.38. The lowest BCUT2D eigenvalue weighted by atomic mass is 9.63. The van der Waals surface area contributed by atoms with Crippen molar-refractivity contribution in [2.75, 3.05) is 0 Å². The Labute approximate surface area is 176 Å². The Morgan fingerprint density at radius 3 is 2.59 bits per heavy atom. The van der Waals surface area contributed by atoms with Crippen LogP contribution in [0.25, 0.3) is 0 Å². The fraction of sp³-hybridized carbons (Fsp3) is 0.704. The van der Waals surface area contributed by atoms with Crippen molar-refractivity contribution in [2.45, 2.75) is 96.3 Å². The molecule has 1 aromatic rings. The summed E-state index contributed by atoms with van der Waals surface area (Å²) >= 11 is 0. The molecule has 0 saturated heterocycles. The molecule has 4 rings (SSSR count). The van der Waals surface area contributed by atoms with Crippen LogP contribution < -0.4 is 0 Å². The van der Waals surface area contributed by atoms with Gasteiger partial charge in [-0.15, -0.1) is 6.58 Å². The topological polar surface area (TPSA) is 0 Å². The third kappa shape index (κ3) is 4.47. The van der Waals surface area contributed by atoms with Crippen LogP contribution in [0.4, 0.5) is 8.78 Å². The molecule has 0 heterocycles. The predicted octanol–water partition coefficient (Wildman–Crippen LogP) is 8.14. The quantitative estimate of drug-likeness (QED) is 0.423. The van der Waals surface area contributed by atoms with Crippen LogP contribution in [0.15, 0.2) is 18.7 Å². The monoisotopic (exact) mass is 400 g/mol. The van der Waals surface area contributed by atoms with Gasteiger partial charge < -0.3 is 0 Å². The Bertz CT molecular complexity index is 722. The SMILES string of the molecule is C=CCCC1CCC2CC(c3c(F)cc4c(c3F)CCC(CCC)C4)CCC2C1. The summed E-state index contributed by atoms with van der Waals surface area (Å²) in [5.74, 6) is 2.51. The number of allylic oxidation sites excluding steroid dienone is 1. The first-order valence-corrected chi connectivity index (χ1v) is 12.2. The number of rotatable bonds is 6. The zero-order chi connectivity index (χ0) is 20.4. The highest BCUT2D eigenvalue weighted by atomic mass is 19.1. The molecule has 0 aromatic heterocycles. The molecule has 5 unspecified atom stereocenters. The molecular formula is C27H38F2. The van der Waals surface area contributed by atoms with Crippen molar-refractivity contribution in [2.24, 2.45) is 23.7 Å². The second-order valence-electron chi connectivity index (χ2n) is 10.2. The van der Waals surface area contributed by atoms with Crippen molar-refractivity contribution in [1.29, 1.82) is 0 Å². The van der Waals surface area contributed by atoms with Crippen LogP contribution in [0, 0.1) is 35.3 Å². The van der Waals surface area contributed by atoms with Crippen molar-refractivity contribution in [3.8, 4) is 0 Å². The molecule has 160 valence electrons. The maximum atomic E-state index is 15.5. The number of halogens is 2. The Morgan fingerprint density at radius 1 is 1.00 bits per heavy atom. The second-order valence-corrected chi connectivity index (χ2v) is 10.2. The molecule has 0 spiro atoms. The lowest BCUT2D eigenvalue weighted by Gasteiger charge is -2.42. The van der Waals surface area contributed by atoms with E-state index in [9.17, 15) is 0 Å². The number of fused-ring (bicyclic) bond motifs is 2. The smallest absolute Gasteiger partial charge is 0.133 e. The third-order valence-electron chi connectivity index (χ3n) is 8.36. The predicted molar refractivity (Wildman–Crippen MR) is 117 cm³/mol. The lowest BCUT2D eigenvalue weighted by Crippen LogP contribution is -2.31. The van der Waals surface area contributed by atoms with Crippen LogP contribution in [0.1, 0.15) is 100 Å². The summed E-state index contributed by atoms with van der Waals surface area (Å²) in [5.41, 5.74) is 2.22. The zero-order valence-corrected chi connectivity index (χ0v) is 18.2. The van der Waals surface area contributed by atoms with Gasteiger partial charge in [0.05, 0.1) is 0 Å². The van der Waals surface area contributed by atoms with E-state index in [1.54, 1.807) is 6.07 Å². The minimum Gasteiger partial charge on any atom is -0.207 e. The van der Waals surface area contributed by atoms with Gasteiger partial charge in [0.2, 0.25) is 0 Å². The van der Waals surface area contributed by atoms with Gasteiger partial charge in [-0.2, -0.15) is 0 Å². The van der Waals surface area contributed by atoms with Gasteiger partial charge in [0.25, 0.3) is 0 Å². The van der Waals surface area contributed by atoms with Crippen molar-refractivity contribution in [1.82, 2.24) is 0 Å². The van der Waals surface area contributed by atoms with E-state index in [1.165, 1.54) is 32.1 Å². The largest absolute Gasteiger partial charge is 0.207 e. The number of benzene rings is 1. The number of hydrogen-bond acceptors (Lipinski definition) is 0. The van der Waals surface area contributed by atoms with Gasteiger partial charge in [-0.1, -0.05) is 32.3 Å². The molecular weight excluding hydrogens is 362 g/mol. The normalized spacial score (nSPS) is 31.8. The zero-order valence-electron chi connectivity index (χ0n) is 18.2. The molecule has 29 heavy (non-hydrogen) atoms. The first-order valence-electron chi connectivity index (χ1n) is 12.2. The van der Waals surface area contributed by atoms with Crippen LogP contribution in [0.2, 0.25) is 0 Å². The molecule has 1 aromatic carbocycles. The molecule has 0 bridgehead atoms. The van der Waals surface area contributed by atoms with Gasteiger partial charge >= 0.3 is 0 Å². The number of hydrogen-bond donors (Lipinski definition) is 0. The Hall–Kier alpha value is -1.18. The van der Waals surface area contributed by atoms with Crippen LogP contribution in [0.3, 0.4) is 0 Å². The summed E-state index contributed by atoms with van der Waals surface area (Å²) in [4.78, 5) is 0. The van der Waals surface area contributed by atoms with Crippen LogP contribution in [0.5, 0.6) is 0 Å². The lowest BCUT2D eigenvalue weighted by molar-refractivity contribution is 0.113. The van der Waals surface area contributed by atoms with E-state index in [0.29, 0.717) is 17.4 Å². The van der Waals surface area contributed by atoms with Gasteiger partial charge in [0.1, 0.15) is 11.6 Å². The van der Waals surface area contributed by atoms with Crippen molar-refractivity contribution in [3.05, 3.63) is 47.0 Å². The van der Waals surface area contributed by atoms with Gasteiger partial charge in [-0.3, -0.25) is 0 Å². The summed E-state index contributed by atoms with van der Waals surface area (Å²) < 4.78 is 30.6. The summed E-state index contributed by atoms with van der Waals surface area (Å²) in [6, 6.07) is 1.70. The van der Waals surface area contributed by atoms with Gasteiger partial charge in [-0.25, -0.2) is 8.78 Å². The fourth-order valence-corrected chi connectivity index (χ4v) is 6.83. The van der Waals surface area contributed by atoms with E-state index in [-0.39, 0.29) is 17.6 Å². The van der Waals surface area contributed by atoms with E-state index in [1.807, 2.05) is 6.08 Å². The van der Waals surface area contributed by atoms with Crippen LogP contribution in [-0.2, 0) is 12.8 Å². The highest BCUT2D eigenvalue weighted by Crippen LogP contribution is 2.49. The fourth-order valence-electron chi connectivity index (χ4n) is 6.83. The molecule has 2 heteroatoms. The van der Waals surface area contributed by atoms with E-state index >= 15 is 8.78 Å². The molecule has 0 radical (unpaired) electrons. The molecule has 2 saturated carbocycles. The molecule has 0 aliphatic heterocycles. The molecule has 0 N–H and O–H groups in total. The van der Waals surface area contributed by atoms with Crippen molar-refractivity contribution < 1.29 is 8.78 Å². The molecule has 3 aliphatic carbocycles. The Balaban J connectivity index is 1.47. The summed E-state index contributed by atoms with van der Waals surface area (Å²) in [6.45, 7) is 6.06. The molecule has 3 aliphatic rings.